The molecule has 0 bridgehead atoms. The Kier molecular flexibility index (Phi) is 3.08. The first-order valence-corrected chi connectivity index (χ1v) is 5.16. The van der Waals surface area contributed by atoms with Crippen molar-refractivity contribution in [3.05, 3.63) is 29.3 Å². The highest BCUT2D eigenvalue weighted by Crippen LogP contribution is 2.21. The molecule has 0 saturated carbocycles. The van der Waals surface area contributed by atoms with Gasteiger partial charge in [0.05, 0.1) is 6.54 Å². The fraction of sp³-hybridized carbons (Fsp3) is 0.273. The molecule has 1 aliphatic heterocycles. The number of hydrogen-bond acceptors (Lipinski definition) is 4. The lowest BCUT2D eigenvalue weighted by molar-refractivity contribution is -0.116. The lowest BCUT2D eigenvalue weighted by Gasteiger charge is -2.12. The number of hydroxylamine groups is 1. The number of carbonyl (C=O) groups excluding carboxylic acids is 2. The zero-order chi connectivity index (χ0) is 12.4. The summed E-state index contributed by atoms with van der Waals surface area (Å²) in [6.07, 6.45) is 0. The molecule has 0 aliphatic carbocycles. The van der Waals surface area contributed by atoms with Crippen molar-refractivity contribution in [1.29, 1.82) is 0 Å². The van der Waals surface area contributed by atoms with Crippen LogP contribution in [0.2, 0.25) is 0 Å². The summed E-state index contributed by atoms with van der Waals surface area (Å²) in [4.78, 5) is 24.6. The highest BCUT2D eigenvalue weighted by molar-refractivity contribution is 5.97. The van der Waals surface area contributed by atoms with Crippen LogP contribution >= 0.6 is 0 Å². The average molecular weight is 235 g/mol. The Hall–Kier alpha value is -1.92. The van der Waals surface area contributed by atoms with E-state index in [-0.39, 0.29) is 5.91 Å². The molecule has 6 heteroatoms. The summed E-state index contributed by atoms with van der Waals surface area (Å²) < 4.78 is 0. The lowest BCUT2D eigenvalue weighted by Crippen LogP contribution is -2.26. The van der Waals surface area contributed by atoms with Crippen LogP contribution in [0.25, 0.3) is 0 Å². The van der Waals surface area contributed by atoms with Gasteiger partial charge in [0.2, 0.25) is 5.91 Å². The molecule has 3 N–H and O–H groups in total. The Labute approximate surface area is 98.2 Å². The van der Waals surface area contributed by atoms with Gasteiger partial charge in [0, 0.05) is 17.8 Å². The number of benzene rings is 1. The highest BCUT2D eigenvalue weighted by Gasteiger charge is 2.17. The van der Waals surface area contributed by atoms with E-state index in [1.165, 1.54) is 0 Å². The van der Waals surface area contributed by atoms with Crippen molar-refractivity contribution in [3.63, 3.8) is 0 Å². The topological polar surface area (TPSA) is 81.7 Å². The Morgan fingerprint density at radius 2 is 2.24 bits per heavy atom. The molecule has 90 valence electrons. The van der Waals surface area contributed by atoms with Crippen molar-refractivity contribution in [3.8, 4) is 0 Å². The third kappa shape index (κ3) is 2.43. The van der Waals surface area contributed by atoms with E-state index in [4.69, 9.17) is 5.21 Å². The summed E-state index contributed by atoms with van der Waals surface area (Å²) in [6.45, 7) is 0.886. The first-order valence-electron chi connectivity index (χ1n) is 5.16. The molecule has 1 heterocycles. The second-order valence-corrected chi connectivity index (χ2v) is 4.03. The smallest absolute Gasteiger partial charge is 0.274 e. The molecule has 2 rings (SSSR count). The van der Waals surface area contributed by atoms with E-state index in [9.17, 15) is 9.59 Å². The normalized spacial score (nSPS) is 15.8. The van der Waals surface area contributed by atoms with Gasteiger partial charge >= 0.3 is 0 Å². The van der Waals surface area contributed by atoms with E-state index < -0.39 is 5.91 Å². The summed E-state index contributed by atoms with van der Waals surface area (Å²) in [5.41, 5.74) is 3.49. The minimum atomic E-state index is -0.564. The number of anilines is 1. The number of likely N-dealkylation sites (N-methyl/N-ethyl adjacent to an activating group) is 1. The van der Waals surface area contributed by atoms with Crippen molar-refractivity contribution in [2.45, 2.75) is 6.54 Å². The van der Waals surface area contributed by atoms with Crippen LogP contribution in [0.5, 0.6) is 0 Å². The second kappa shape index (κ2) is 4.52. The summed E-state index contributed by atoms with van der Waals surface area (Å²) >= 11 is 0. The highest BCUT2D eigenvalue weighted by atomic mass is 16.5. The molecule has 0 unspecified atom stereocenters. The maximum atomic E-state index is 11.5. The third-order valence-corrected chi connectivity index (χ3v) is 2.60. The van der Waals surface area contributed by atoms with Crippen molar-refractivity contribution in [2.24, 2.45) is 0 Å². The summed E-state index contributed by atoms with van der Waals surface area (Å²) in [5, 5.41) is 11.3. The number of nitrogens with zero attached hydrogens (tertiary/aromatic N) is 1. The Morgan fingerprint density at radius 3 is 2.94 bits per heavy atom. The van der Waals surface area contributed by atoms with Crippen LogP contribution < -0.4 is 10.8 Å². The number of carbonyl (C=O) groups is 2. The fourth-order valence-electron chi connectivity index (χ4n) is 1.83. The van der Waals surface area contributed by atoms with Gasteiger partial charge in [-0.3, -0.25) is 19.7 Å². The fourth-order valence-corrected chi connectivity index (χ4v) is 1.83. The monoisotopic (exact) mass is 235 g/mol. The Balaban J connectivity index is 2.37. The number of rotatable bonds is 1. The predicted octanol–water partition coefficient (Wildman–Crippen LogP) is 0.189. The van der Waals surface area contributed by atoms with Crippen LogP contribution in [0.15, 0.2) is 18.2 Å². The van der Waals surface area contributed by atoms with Gasteiger partial charge in [-0.2, -0.15) is 0 Å². The molecule has 1 aromatic carbocycles. The van der Waals surface area contributed by atoms with Crippen LogP contribution in [0.3, 0.4) is 0 Å². The van der Waals surface area contributed by atoms with Crippen LogP contribution in [-0.2, 0) is 11.3 Å². The zero-order valence-corrected chi connectivity index (χ0v) is 9.36. The summed E-state index contributed by atoms with van der Waals surface area (Å²) in [5.74, 6) is -0.642. The van der Waals surface area contributed by atoms with Crippen molar-refractivity contribution in [2.75, 3.05) is 18.9 Å². The van der Waals surface area contributed by atoms with Gasteiger partial charge in [-0.15, -0.1) is 0 Å². The number of nitrogens with one attached hydrogen (secondary N) is 2. The molecule has 6 nitrogen and oxygen atoms in total. The summed E-state index contributed by atoms with van der Waals surface area (Å²) in [7, 11) is 1.83. The van der Waals surface area contributed by atoms with Gasteiger partial charge in [-0.25, -0.2) is 5.48 Å². The standard InChI is InChI=1S/C11H13N3O3/c1-14-5-8-4-7(11(16)13-17)2-3-9(8)12-10(15)6-14/h2-4,17H,5-6H2,1H3,(H,12,15)(H,13,16). The van der Waals surface area contributed by atoms with Crippen molar-refractivity contribution < 1.29 is 14.8 Å². The quantitative estimate of drug-likeness (QED) is 0.479. The van der Waals surface area contributed by atoms with Crippen LogP contribution in [0.4, 0.5) is 5.69 Å². The molecule has 2 amide bonds. The third-order valence-electron chi connectivity index (χ3n) is 2.60. The van der Waals surface area contributed by atoms with Crippen LogP contribution in [0.1, 0.15) is 15.9 Å². The zero-order valence-electron chi connectivity index (χ0n) is 9.36. The maximum absolute atomic E-state index is 11.5. The van der Waals surface area contributed by atoms with E-state index in [2.05, 4.69) is 5.32 Å². The van der Waals surface area contributed by atoms with Gasteiger partial charge in [-0.1, -0.05) is 0 Å². The summed E-state index contributed by atoms with van der Waals surface area (Å²) in [6, 6.07) is 4.87. The van der Waals surface area contributed by atoms with Gasteiger partial charge in [-0.05, 0) is 30.8 Å². The molecule has 1 aromatic rings. The minimum Gasteiger partial charge on any atom is -0.325 e. The largest absolute Gasteiger partial charge is 0.325 e. The molecular formula is C11H13N3O3. The average Bonchev–Trinajstić information content (AvgIpc) is 2.43. The van der Waals surface area contributed by atoms with Crippen molar-refractivity contribution >= 4 is 17.5 Å². The Morgan fingerprint density at radius 1 is 1.47 bits per heavy atom. The molecule has 0 spiro atoms. The lowest BCUT2D eigenvalue weighted by atomic mass is 10.1. The van der Waals surface area contributed by atoms with Gasteiger partial charge in [0.25, 0.3) is 5.91 Å². The molecule has 0 fully saturated rings. The van der Waals surface area contributed by atoms with Gasteiger partial charge in [0.15, 0.2) is 0 Å². The van der Waals surface area contributed by atoms with E-state index in [0.717, 1.165) is 5.56 Å². The number of amides is 2. The first kappa shape index (κ1) is 11.6. The maximum Gasteiger partial charge on any atom is 0.274 e. The Bertz CT molecular complexity index is 473. The second-order valence-electron chi connectivity index (χ2n) is 4.03. The van der Waals surface area contributed by atoms with Gasteiger partial charge in [0.1, 0.15) is 0 Å². The van der Waals surface area contributed by atoms with Gasteiger partial charge < -0.3 is 5.32 Å². The SMILES string of the molecule is CN1CC(=O)Nc2ccc(C(=O)NO)cc2C1. The van der Waals surface area contributed by atoms with E-state index in [1.807, 2.05) is 11.9 Å². The van der Waals surface area contributed by atoms with E-state index in [0.29, 0.717) is 24.3 Å². The molecule has 1 aliphatic rings. The van der Waals surface area contributed by atoms with Crippen molar-refractivity contribution in [1.82, 2.24) is 10.4 Å². The molecule has 17 heavy (non-hydrogen) atoms. The molecule has 0 aromatic heterocycles. The predicted molar refractivity (Wildman–Crippen MR) is 60.7 cm³/mol. The first-order chi connectivity index (χ1) is 8.10. The molecular weight excluding hydrogens is 222 g/mol. The van der Waals surface area contributed by atoms with E-state index >= 15 is 0 Å². The minimum absolute atomic E-state index is 0.0781. The molecule has 0 saturated heterocycles. The van der Waals surface area contributed by atoms with Crippen LogP contribution in [0, 0.1) is 0 Å². The van der Waals surface area contributed by atoms with E-state index in [1.54, 1.807) is 23.7 Å². The molecule has 0 atom stereocenters. The molecule has 0 radical (unpaired) electrons. The number of hydrogen-bond donors (Lipinski definition) is 3. The van der Waals surface area contributed by atoms with Crippen LogP contribution in [-0.4, -0.2) is 35.5 Å². The number of fused-ring (bicyclic) bond motifs is 1.